The zero-order valence-electron chi connectivity index (χ0n) is 17.2. The zero-order valence-corrected chi connectivity index (χ0v) is 18.7. The van der Waals surface area contributed by atoms with Gasteiger partial charge in [0.2, 0.25) is 5.16 Å². The zero-order chi connectivity index (χ0) is 22.0. The molecular weight excluding hydrogens is 434 g/mol. The summed E-state index contributed by atoms with van der Waals surface area (Å²) in [5, 5.41) is 20.4. The van der Waals surface area contributed by atoms with E-state index < -0.39 is 0 Å². The number of nitrogens with one attached hydrogen (secondary N) is 1. The number of halogens is 1. The Balaban J connectivity index is 1.65. The van der Waals surface area contributed by atoms with Crippen LogP contribution >= 0.6 is 23.4 Å². The van der Waals surface area contributed by atoms with Crippen LogP contribution in [0.1, 0.15) is 35.8 Å². The molecule has 0 radical (unpaired) electrons. The molecule has 0 aliphatic carbocycles. The maximum absolute atomic E-state index is 13.1. The number of aromatic nitrogens is 6. The summed E-state index contributed by atoms with van der Waals surface area (Å²) in [5.74, 6) is -0.171. The molecule has 4 rings (SSSR count). The van der Waals surface area contributed by atoms with Crippen molar-refractivity contribution < 1.29 is 4.79 Å². The summed E-state index contributed by atoms with van der Waals surface area (Å²) in [4.78, 5) is 13.1. The largest absolute Gasteiger partial charge is 0.322 e. The van der Waals surface area contributed by atoms with Gasteiger partial charge >= 0.3 is 0 Å². The third-order valence-corrected chi connectivity index (χ3v) is 5.48. The molecule has 0 bridgehead atoms. The highest BCUT2D eigenvalue weighted by molar-refractivity contribution is 7.98. The molecule has 0 aliphatic heterocycles. The molecular formula is C21H20ClN7OS. The second-order valence-electron chi connectivity index (χ2n) is 7.07. The van der Waals surface area contributed by atoms with E-state index in [9.17, 15) is 4.79 Å². The van der Waals surface area contributed by atoms with Gasteiger partial charge in [-0.2, -0.15) is 9.78 Å². The summed E-state index contributed by atoms with van der Waals surface area (Å²) in [6.07, 6.45) is 3.49. The summed E-state index contributed by atoms with van der Waals surface area (Å²) >= 11 is 7.58. The van der Waals surface area contributed by atoms with Crippen molar-refractivity contribution in [2.45, 2.75) is 24.9 Å². The summed E-state index contributed by atoms with van der Waals surface area (Å²) in [6, 6.07) is 14.8. The minimum Gasteiger partial charge on any atom is -0.322 e. The first-order chi connectivity index (χ1) is 15.0. The number of hydrogen-bond donors (Lipinski definition) is 1. The summed E-state index contributed by atoms with van der Waals surface area (Å²) < 4.78 is 3.38. The molecule has 4 aromatic rings. The fraction of sp³-hybridized carbons (Fsp3) is 0.190. The van der Waals surface area contributed by atoms with Crippen molar-refractivity contribution in [1.82, 2.24) is 30.0 Å². The SMILES string of the molecule is CSc1nnnn1-c1cccc(NC(=O)c2cnn(-c3cccc(Cl)c3)c2C(C)C)c1. The summed E-state index contributed by atoms with van der Waals surface area (Å²) in [6.45, 7) is 4.05. The molecule has 10 heteroatoms. The van der Waals surface area contributed by atoms with Gasteiger partial charge in [0.15, 0.2) is 0 Å². The van der Waals surface area contributed by atoms with Gasteiger partial charge in [0.05, 0.1) is 28.8 Å². The average molecular weight is 454 g/mol. The summed E-state index contributed by atoms with van der Waals surface area (Å²) in [7, 11) is 0. The molecule has 158 valence electrons. The quantitative estimate of drug-likeness (QED) is 0.429. The molecule has 2 heterocycles. The Kier molecular flexibility index (Phi) is 6.06. The molecule has 0 atom stereocenters. The molecule has 0 unspecified atom stereocenters. The van der Waals surface area contributed by atoms with Gasteiger partial charge in [0.25, 0.3) is 5.91 Å². The molecule has 31 heavy (non-hydrogen) atoms. The van der Waals surface area contributed by atoms with Crippen LogP contribution in [0.15, 0.2) is 59.9 Å². The molecule has 1 amide bonds. The van der Waals surface area contributed by atoms with Crippen molar-refractivity contribution in [2.24, 2.45) is 0 Å². The van der Waals surface area contributed by atoms with E-state index in [4.69, 9.17) is 11.6 Å². The smallest absolute Gasteiger partial charge is 0.259 e. The van der Waals surface area contributed by atoms with E-state index in [0.717, 1.165) is 17.1 Å². The van der Waals surface area contributed by atoms with Gasteiger partial charge in [0, 0.05) is 10.7 Å². The summed E-state index contributed by atoms with van der Waals surface area (Å²) in [5.41, 5.74) is 3.51. The Bertz CT molecular complexity index is 1230. The number of carbonyl (C=O) groups excluding carboxylic acids is 1. The Labute approximate surface area is 188 Å². The minimum absolute atomic E-state index is 0.0685. The first kappa shape index (κ1) is 21.1. The second kappa shape index (κ2) is 8.91. The normalized spacial score (nSPS) is 11.1. The Morgan fingerprint density at radius 1 is 1.10 bits per heavy atom. The third-order valence-electron chi connectivity index (χ3n) is 4.62. The van der Waals surface area contributed by atoms with Gasteiger partial charge in [-0.3, -0.25) is 4.79 Å². The third kappa shape index (κ3) is 4.33. The number of amides is 1. The lowest BCUT2D eigenvalue weighted by molar-refractivity contribution is 0.102. The average Bonchev–Trinajstić information content (AvgIpc) is 3.41. The van der Waals surface area contributed by atoms with Crippen LogP contribution in [0, 0.1) is 0 Å². The van der Waals surface area contributed by atoms with E-state index >= 15 is 0 Å². The first-order valence-electron chi connectivity index (χ1n) is 9.56. The highest BCUT2D eigenvalue weighted by Crippen LogP contribution is 2.26. The van der Waals surface area contributed by atoms with Crippen LogP contribution in [0.5, 0.6) is 0 Å². The fourth-order valence-corrected chi connectivity index (χ4v) is 3.90. The predicted octanol–water partition coefficient (Wildman–Crippen LogP) is 4.60. The molecule has 0 aliphatic rings. The predicted molar refractivity (Wildman–Crippen MR) is 122 cm³/mol. The number of nitrogens with zero attached hydrogens (tertiary/aromatic N) is 6. The number of hydrogen-bond acceptors (Lipinski definition) is 6. The van der Waals surface area contributed by atoms with Gasteiger partial charge in [-0.15, -0.1) is 5.10 Å². The lowest BCUT2D eigenvalue weighted by atomic mass is 10.0. The van der Waals surface area contributed by atoms with Gasteiger partial charge < -0.3 is 5.32 Å². The lowest BCUT2D eigenvalue weighted by Crippen LogP contribution is -2.15. The van der Waals surface area contributed by atoms with Crippen LogP contribution < -0.4 is 5.32 Å². The van der Waals surface area contributed by atoms with E-state index in [2.05, 4.69) is 25.9 Å². The molecule has 2 aromatic carbocycles. The maximum atomic E-state index is 13.1. The van der Waals surface area contributed by atoms with Crippen molar-refractivity contribution in [3.05, 3.63) is 71.0 Å². The van der Waals surface area contributed by atoms with Gasteiger partial charge in [-0.25, -0.2) is 4.68 Å². The van der Waals surface area contributed by atoms with Crippen molar-refractivity contribution in [3.63, 3.8) is 0 Å². The molecule has 2 aromatic heterocycles. The number of rotatable bonds is 6. The van der Waals surface area contributed by atoms with Crippen molar-refractivity contribution >= 4 is 35.0 Å². The second-order valence-corrected chi connectivity index (χ2v) is 8.28. The van der Waals surface area contributed by atoms with Gasteiger partial charge in [-0.05, 0) is 59.0 Å². The van der Waals surface area contributed by atoms with Gasteiger partial charge in [0.1, 0.15) is 0 Å². The Morgan fingerprint density at radius 3 is 2.55 bits per heavy atom. The highest BCUT2D eigenvalue weighted by atomic mass is 35.5. The van der Waals surface area contributed by atoms with Crippen molar-refractivity contribution in [2.75, 3.05) is 11.6 Å². The standard InChI is InChI=1S/C21H20ClN7OS/c1-13(2)19-18(12-23-28(19)16-8-4-6-14(22)10-16)20(30)24-15-7-5-9-17(11-15)29-21(31-3)25-26-27-29/h4-13H,1-3H3,(H,24,30). The first-order valence-corrected chi connectivity index (χ1v) is 11.2. The highest BCUT2D eigenvalue weighted by Gasteiger charge is 2.21. The minimum atomic E-state index is -0.240. The van der Waals surface area contributed by atoms with Crippen LogP contribution in [0.4, 0.5) is 5.69 Å². The molecule has 0 saturated carbocycles. The molecule has 0 fully saturated rings. The van der Waals surface area contributed by atoms with E-state index in [0.29, 0.717) is 21.4 Å². The molecule has 1 N–H and O–H groups in total. The van der Waals surface area contributed by atoms with Crippen LogP contribution in [-0.2, 0) is 0 Å². The number of tetrazole rings is 1. The van der Waals surface area contributed by atoms with Crippen LogP contribution in [0.25, 0.3) is 11.4 Å². The van der Waals surface area contributed by atoms with E-state index in [1.165, 1.54) is 11.8 Å². The van der Waals surface area contributed by atoms with Crippen LogP contribution in [-0.4, -0.2) is 42.2 Å². The fourth-order valence-electron chi connectivity index (χ4n) is 3.28. The van der Waals surface area contributed by atoms with E-state index in [1.807, 2.05) is 62.6 Å². The number of thioether (sulfide) groups is 1. The number of anilines is 1. The van der Waals surface area contributed by atoms with Crippen LogP contribution in [0.2, 0.25) is 5.02 Å². The number of carbonyl (C=O) groups is 1. The number of benzene rings is 2. The van der Waals surface area contributed by atoms with Crippen molar-refractivity contribution in [1.29, 1.82) is 0 Å². The Morgan fingerprint density at radius 2 is 1.84 bits per heavy atom. The maximum Gasteiger partial charge on any atom is 0.259 e. The molecule has 0 spiro atoms. The topological polar surface area (TPSA) is 90.5 Å². The van der Waals surface area contributed by atoms with Crippen molar-refractivity contribution in [3.8, 4) is 11.4 Å². The van der Waals surface area contributed by atoms with Gasteiger partial charge in [-0.1, -0.05) is 49.3 Å². The molecule has 8 nitrogen and oxygen atoms in total. The van der Waals surface area contributed by atoms with Crippen LogP contribution in [0.3, 0.4) is 0 Å². The van der Waals surface area contributed by atoms with E-state index in [-0.39, 0.29) is 11.8 Å². The lowest BCUT2D eigenvalue weighted by Gasteiger charge is -2.13. The van der Waals surface area contributed by atoms with E-state index in [1.54, 1.807) is 21.6 Å². The monoisotopic (exact) mass is 453 g/mol. The molecule has 0 saturated heterocycles. The Hall–Kier alpha value is -3.17.